The van der Waals surface area contributed by atoms with Gasteiger partial charge in [-0.3, -0.25) is 4.79 Å². The molecule has 0 aromatic heterocycles. The molecule has 3 N–H and O–H groups in total. The Morgan fingerprint density at radius 1 is 1.56 bits per heavy atom. The molecule has 18 heavy (non-hydrogen) atoms. The van der Waals surface area contributed by atoms with E-state index in [0.717, 1.165) is 6.42 Å². The van der Waals surface area contributed by atoms with E-state index in [9.17, 15) is 9.90 Å². The molecule has 2 unspecified atom stereocenters. The number of nitrogens with one attached hydrogen (secondary N) is 2. The minimum atomic E-state index is -0.788. The minimum Gasteiger partial charge on any atom is -0.388 e. The van der Waals surface area contributed by atoms with E-state index >= 15 is 0 Å². The van der Waals surface area contributed by atoms with Crippen LogP contribution in [0.25, 0.3) is 0 Å². The zero-order valence-electron chi connectivity index (χ0n) is 11.8. The van der Waals surface area contributed by atoms with Crippen molar-refractivity contribution in [3.8, 4) is 0 Å². The second-order valence-electron chi connectivity index (χ2n) is 4.67. The first-order chi connectivity index (χ1) is 8.43. The molecule has 0 fully saturated rings. The fourth-order valence-corrected chi connectivity index (χ4v) is 2.13. The zero-order chi connectivity index (χ0) is 14.0. The standard InChI is InChI=1S/C12H26N2O3S/c1-10(11(15)13-6-5-7-17-3)14-8-12(2,16)9-18-4/h10,14,16H,5-9H2,1-4H3,(H,13,15). The first-order valence-electron chi connectivity index (χ1n) is 6.14. The van der Waals surface area contributed by atoms with Gasteiger partial charge in [0.2, 0.25) is 5.91 Å². The summed E-state index contributed by atoms with van der Waals surface area (Å²) in [6.45, 7) is 5.21. The van der Waals surface area contributed by atoms with Gasteiger partial charge in [0.15, 0.2) is 0 Å². The van der Waals surface area contributed by atoms with Gasteiger partial charge in [0.05, 0.1) is 11.6 Å². The number of amides is 1. The summed E-state index contributed by atoms with van der Waals surface area (Å²) >= 11 is 1.58. The van der Waals surface area contributed by atoms with Crippen molar-refractivity contribution < 1.29 is 14.6 Å². The molecular weight excluding hydrogens is 252 g/mol. The molecule has 6 heteroatoms. The molecule has 1 amide bonds. The van der Waals surface area contributed by atoms with Gasteiger partial charge in [-0.25, -0.2) is 0 Å². The molecule has 0 radical (unpaired) electrons. The Balaban J connectivity index is 3.80. The van der Waals surface area contributed by atoms with Crippen molar-refractivity contribution in [1.82, 2.24) is 10.6 Å². The van der Waals surface area contributed by atoms with Gasteiger partial charge in [0.25, 0.3) is 0 Å². The van der Waals surface area contributed by atoms with Gasteiger partial charge in [0.1, 0.15) is 0 Å². The summed E-state index contributed by atoms with van der Waals surface area (Å²) in [6.07, 6.45) is 2.75. The first-order valence-corrected chi connectivity index (χ1v) is 7.53. The molecular formula is C12H26N2O3S. The highest BCUT2D eigenvalue weighted by Gasteiger charge is 2.21. The fraction of sp³-hybridized carbons (Fsp3) is 0.917. The van der Waals surface area contributed by atoms with E-state index in [-0.39, 0.29) is 11.9 Å². The van der Waals surface area contributed by atoms with E-state index in [1.165, 1.54) is 0 Å². The maximum absolute atomic E-state index is 11.7. The van der Waals surface area contributed by atoms with Crippen LogP contribution < -0.4 is 10.6 Å². The van der Waals surface area contributed by atoms with Crippen LogP contribution in [0, 0.1) is 0 Å². The normalized spacial score (nSPS) is 16.1. The molecule has 0 saturated heterocycles. The lowest BCUT2D eigenvalue weighted by Crippen LogP contribution is -2.49. The summed E-state index contributed by atoms with van der Waals surface area (Å²) in [6, 6.07) is -0.305. The SMILES string of the molecule is COCCCNC(=O)C(C)NCC(C)(O)CSC. The van der Waals surface area contributed by atoms with Crippen LogP contribution in [-0.2, 0) is 9.53 Å². The monoisotopic (exact) mass is 278 g/mol. The Morgan fingerprint density at radius 3 is 2.78 bits per heavy atom. The summed E-state index contributed by atoms with van der Waals surface area (Å²) in [5, 5.41) is 15.8. The quantitative estimate of drug-likeness (QED) is 0.499. The summed E-state index contributed by atoms with van der Waals surface area (Å²) in [5.74, 6) is 0.591. The van der Waals surface area contributed by atoms with Crippen molar-refractivity contribution in [2.24, 2.45) is 0 Å². The van der Waals surface area contributed by atoms with Gasteiger partial charge < -0.3 is 20.5 Å². The van der Waals surface area contributed by atoms with Crippen LogP contribution >= 0.6 is 11.8 Å². The number of thioether (sulfide) groups is 1. The number of carbonyl (C=O) groups excluding carboxylic acids is 1. The van der Waals surface area contributed by atoms with Crippen LogP contribution in [0.2, 0.25) is 0 Å². The predicted octanol–water partition coefficient (Wildman–Crippen LogP) is 0.231. The van der Waals surface area contributed by atoms with E-state index in [1.807, 2.05) is 6.26 Å². The van der Waals surface area contributed by atoms with E-state index < -0.39 is 5.60 Å². The van der Waals surface area contributed by atoms with E-state index in [2.05, 4.69) is 10.6 Å². The third kappa shape index (κ3) is 8.74. The third-order valence-corrected chi connectivity index (χ3v) is 3.37. The van der Waals surface area contributed by atoms with Gasteiger partial charge in [0, 0.05) is 32.6 Å². The summed E-state index contributed by atoms with van der Waals surface area (Å²) in [5.41, 5.74) is -0.788. The number of hydrogen-bond donors (Lipinski definition) is 3. The van der Waals surface area contributed by atoms with E-state index in [4.69, 9.17) is 4.74 Å². The van der Waals surface area contributed by atoms with Gasteiger partial charge in [-0.15, -0.1) is 0 Å². The van der Waals surface area contributed by atoms with Crippen LogP contribution in [0.5, 0.6) is 0 Å². The molecule has 0 aliphatic heterocycles. The number of aliphatic hydroxyl groups is 1. The third-order valence-electron chi connectivity index (χ3n) is 2.46. The Bertz CT molecular complexity index is 237. The molecule has 0 spiro atoms. The highest BCUT2D eigenvalue weighted by molar-refractivity contribution is 7.98. The number of hydrogen-bond acceptors (Lipinski definition) is 5. The van der Waals surface area contributed by atoms with Gasteiger partial charge in [-0.05, 0) is 26.5 Å². The number of ether oxygens (including phenoxy) is 1. The molecule has 0 aliphatic rings. The fourth-order valence-electron chi connectivity index (χ4n) is 1.41. The molecule has 108 valence electrons. The molecule has 2 atom stereocenters. The molecule has 0 saturated carbocycles. The molecule has 0 rings (SSSR count). The maximum Gasteiger partial charge on any atom is 0.236 e. The highest BCUT2D eigenvalue weighted by Crippen LogP contribution is 2.09. The lowest BCUT2D eigenvalue weighted by atomic mass is 10.1. The second kappa shape index (κ2) is 9.61. The van der Waals surface area contributed by atoms with Crippen LogP contribution in [-0.4, -0.2) is 61.5 Å². The Hall–Kier alpha value is -0.300. The molecule has 5 nitrogen and oxygen atoms in total. The van der Waals surface area contributed by atoms with Gasteiger partial charge >= 0.3 is 0 Å². The lowest BCUT2D eigenvalue weighted by Gasteiger charge is -2.24. The molecule has 0 aliphatic carbocycles. The van der Waals surface area contributed by atoms with Crippen LogP contribution in [0.3, 0.4) is 0 Å². The number of carbonyl (C=O) groups is 1. The van der Waals surface area contributed by atoms with Crippen molar-refractivity contribution in [1.29, 1.82) is 0 Å². The maximum atomic E-state index is 11.7. The first kappa shape index (κ1) is 17.7. The number of rotatable bonds is 10. The van der Waals surface area contributed by atoms with Crippen molar-refractivity contribution in [2.45, 2.75) is 31.9 Å². The van der Waals surface area contributed by atoms with E-state index in [1.54, 1.807) is 32.7 Å². The van der Waals surface area contributed by atoms with E-state index in [0.29, 0.717) is 25.4 Å². The predicted molar refractivity (Wildman–Crippen MR) is 76.0 cm³/mol. The van der Waals surface area contributed by atoms with Crippen LogP contribution in [0.15, 0.2) is 0 Å². The number of methoxy groups -OCH3 is 1. The van der Waals surface area contributed by atoms with Crippen LogP contribution in [0.1, 0.15) is 20.3 Å². The Kier molecular flexibility index (Phi) is 9.45. The molecule has 0 heterocycles. The second-order valence-corrected chi connectivity index (χ2v) is 5.54. The minimum absolute atomic E-state index is 0.0499. The summed E-state index contributed by atoms with van der Waals surface area (Å²) in [7, 11) is 1.64. The molecule has 0 aromatic carbocycles. The average molecular weight is 278 g/mol. The highest BCUT2D eigenvalue weighted by atomic mass is 32.2. The summed E-state index contributed by atoms with van der Waals surface area (Å²) < 4.78 is 4.90. The van der Waals surface area contributed by atoms with Crippen molar-refractivity contribution in [3.63, 3.8) is 0 Å². The average Bonchev–Trinajstić information content (AvgIpc) is 2.31. The Morgan fingerprint density at radius 2 is 2.22 bits per heavy atom. The largest absolute Gasteiger partial charge is 0.388 e. The van der Waals surface area contributed by atoms with Crippen molar-refractivity contribution in [2.75, 3.05) is 38.8 Å². The Labute approximate surface area is 114 Å². The molecule has 0 bridgehead atoms. The van der Waals surface area contributed by atoms with Gasteiger partial charge in [-0.2, -0.15) is 11.8 Å². The van der Waals surface area contributed by atoms with Gasteiger partial charge in [-0.1, -0.05) is 0 Å². The lowest BCUT2D eigenvalue weighted by molar-refractivity contribution is -0.122. The summed E-state index contributed by atoms with van der Waals surface area (Å²) in [4.78, 5) is 11.7. The molecule has 0 aromatic rings. The smallest absolute Gasteiger partial charge is 0.236 e. The van der Waals surface area contributed by atoms with Crippen molar-refractivity contribution in [3.05, 3.63) is 0 Å². The topological polar surface area (TPSA) is 70.6 Å². The zero-order valence-corrected chi connectivity index (χ0v) is 12.6. The van der Waals surface area contributed by atoms with Crippen LogP contribution in [0.4, 0.5) is 0 Å². The van der Waals surface area contributed by atoms with Crippen molar-refractivity contribution >= 4 is 17.7 Å².